The molecule has 0 radical (unpaired) electrons. The maximum absolute atomic E-state index is 5.92. The molecule has 0 bridgehead atoms. The summed E-state index contributed by atoms with van der Waals surface area (Å²) in [5.74, 6) is 1.83. The van der Waals surface area contributed by atoms with Gasteiger partial charge < -0.3 is 5.73 Å². The predicted molar refractivity (Wildman–Crippen MR) is 69.4 cm³/mol. The van der Waals surface area contributed by atoms with E-state index in [-0.39, 0.29) is 0 Å². The van der Waals surface area contributed by atoms with Crippen molar-refractivity contribution < 1.29 is 0 Å². The van der Waals surface area contributed by atoms with Gasteiger partial charge in [-0.25, -0.2) is 0 Å². The van der Waals surface area contributed by atoms with Crippen molar-refractivity contribution >= 4 is 0 Å². The number of piperidine rings is 1. The molecule has 0 aromatic carbocycles. The third kappa shape index (κ3) is 2.60. The second kappa shape index (κ2) is 5.50. The van der Waals surface area contributed by atoms with Crippen molar-refractivity contribution in [2.45, 2.75) is 64.5 Å². The van der Waals surface area contributed by atoms with E-state index in [0.29, 0.717) is 6.04 Å². The average Bonchev–Trinajstić information content (AvgIpc) is 2.32. The van der Waals surface area contributed by atoms with Crippen LogP contribution in [0.5, 0.6) is 0 Å². The summed E-state index contributed by atoms with van der Waals surface area (Å²) in [4.78, 5) is 2.74. The lowest BCUT2D eigenvalue weighted by Crippen LogP contribution is -2.51. The van der Waals surface area contributed by atoms with Gasteiger partial charge in [0.25, 0.3) is 0 Å². The Kier molecular flexibility index (Phi) is 4.26. The molecule has 2 rings (SSSR count). The Bertz CT molecular complexity index is 217. The third-order valence-corrected chi connectivity index (χ3v) is 4.98. The molecule has 0 aromatic rings. The summed E-state index contributed by atoms with van der Waals surface area (Å²) < 4.78 is 0. The first-order chi connectivity index (χ1) is 7.72. The van der Waals surface area contributed by atoms with Crippen LogP contribution in [-0.4, -0.2) is 30.1 Å². The van der Waals surface area contributed by atoms with Crippen LogP contribution in [-0.2, 0) is 0 Å². The Morgan fingerprint density at radius 1 is 1.06 bits per heavy atom. The van der Waals surface area contributed by atoms with Crippen LogP contribution in [0, 0.1) is 11.8 Å². The van der Waals surface area contributed by atoms with Gasteiger partial charge in [-0.2, -0.15) is 0 Å². The fourth-order valence-electron chi connectivity index (χ4n) is 3.58. The maximum Gasteiger partial charge on any atom is 0.0221 e. The summed E-state index contributed by atoms with van der Waals surface area (Å²) in [6, 6.07) is 1.51. The topological polar surface area (TPSA) is 29.3 Å². The standard InChI is InChI=1S/C14H28N2/c1-11-6-7-13(9-12(11)2)16-8-4-3-5-14(16)10-15/h11-14H,3-10,15H2,1-2H3. The minimum absolute atomic E-state index is 0.680. The minimum atomic E-state index is 0.680. The fraction of sp³-hybridized carbons (Fsp3) is 1.00. The number of nitrogens with zero attached hydrogens (tertiary/aromatic N) is 1. The highest BCUT2D eigenvalue weighted by Crippen LogP contribution is 2.34. The number of rotatable bonds is 2. The maximum atomic E-state index is 5.92. The molecule has 2 nitrogen and oxygen atoms in total. The Hall–Kier alpha value is -0.0800. The van der Waals surface area contributed by atoms with E-state index in [1.165, 1.54) is 45.1 Å². The smallest absolute Gasteiger partial charge is 0.0221 e. The molecule has 1 aliphatic carbocycles. The fourth-order valence-corrected chi connectivity index (χ4v) is 3.58. The predicted octanol–water partition coefficient (Wildman–Crippen LogP) is 2.62. The molecule has 2 heteroatoms. The number of hydrogen-bond donors (Lipinski definition) is 1. The quantitative estimate of drug-likeness (QED) is 0.781. The normalized spacial score (nSPS) is 42.2. The van der Waals surface area contributed by atoms with Crippen molar-refractivity contribution in [1.29, 1.82) is 0 Å². The molecule has 4 unspecified atom stereocenters. The van der Waals surface area contributed by atoms with E-state index in [1.807, 2.05) is 0 Å². The van der Waals surface area contributed by atoms with E-state index in [4.69, 9.17) is 5.73 Å². The number of hydrogen-bond acceptors (Lipinski definition) is 2. The summed E-state index contributed by atoms with van der Waals surface area (Å²) >= 11 is 0. The highest BCUT2D eigenvalue weighted by Gasteiger charge is 2.32. The lowest BCUT2D eigenvalue weighted by Gasteiger charge is -2.45. The molecule has 0 spiro atoms. The molecule has 2 N–H and O–H groups in total. The molecule has 2 fully saturated rings. The molecule has 16 heavy (non-hydrogen) atoms. The van der Waals surface area contributed by atoms with Gasteiger partial charge in [0.2, 0.25) is 0 Å². The molecule has 0 aromatic heterocycles. The first-order valence-electron chi connectivity index (χ1n) is 7.18. The molecule has 1 saturated heterocycles. The van der Waals surface area contributed by atoms with E-state index < -0.39 is 0 Å². The molecular weight excluding hydrogens is 196 g/mol. The monoisotopic (exact) mass is 224 g/mol. The van der Waals surface area contributed by atoms with Crippen LogP contribution in [0.1, 0.15) is 52.4 Å². The highest BCUT2D eigenvalue weighted by molar-refractivity contribution is 4.88. The summed E-state index contributed by atoms with van der Waals surface area (Å²) in [7, 11) is 0. The Morgan fingerprint density at radius 3 is 2.56 bits per heavy atom. The molecule has 1 heterocycles. The largest absolute Gasteiger partial charge is 0.329 e. The van der Waals surface area contributed by atoms with Crippen molar-refractivity contribution in [3.05, 3.63) is 0 Å². The van der Waals surface area contributed by atoms with E-state index in [0.717, 1.165) is 24.4 Å². The van der Waals surface area contributed by atoms with Gasteiger partial charge in [0.1, 0.15) is 0 Å². The molecule has 4 atom stereocenters. The Morgan fingerprint density at radius 2 is 1.88 bits per heavy atom. The van der Waals surface area contributed by atoms with Crippen molar-refractivity contribution in [2.75, 3.05) is 13.1 Å². The average molecular weight is 224 g/mol. The minimum Gasteiger partial charge on any atom is -0.329 e. The summed E-state index contributed by atoms with van der Waals surface area (Å²) in [6.45, 7) is 7.00. The molecule has 1 aliphatic heterocycles. The van der Waals surface area contributed by atoms with Crippen molar-refractivity contribution in [3.63, 3.8) is 0 Å². The molecular formula is C14H28N2. The van der Waals surface area contributed by atoms with Crippen LogP contribution in [0.15, 0.2) is 0 Å². The van der Waals surface area contributed by atoms with Gasteiger partial charge in [-0.3, -0.25) is 4.90 Å². The second-order valence-corrected chi connectivity index (χ2v) is 6.04. The van der Waals surface area contributed by atoms with E-state index >= 15 is 0 Å². The van der Waals surface area contributed by atoms with Crippen molar-refractivity contribution in [3.8, 4) is 0 Å². The molecule has 1 saturated carbocycles. The van der Waals surface area contributed by atoms with Crippen molar-refractivity contribution in [1.82, 2.24) is 4.90 Å². The first-order valence-corrected chi connectivity index (χ1v) is 7.18. The van der Waals surface area contributed by atoms with Crippen LogP contribution in [0.25, 0.3) is 0 Å². The van der Waals surface area contributed by atoms with E-state index in [2.05, 4.69) is 18.7 Å². The van der Waals surface area contributed by atoms with Gasteiger partial charge in [0.05, 0.1) is 0 Å². The lowest BCUT2D eigenvalue weighted by molar-refractivity contribution is 0.0509. The van der Waals surface area contributed by atoms with Crippen LogP contribution in [0.4, 0.5) is 0 Å². The zero-order chi connectivity index (χ0) is 11.5. The number of nitrogens with two attached hydrogens (primary N) is 1. The molecule has 94 valence electrons. The zero-order valence-corrected chi connectivity index (χ0v) is 11.0. The molecule has 0 amide bonds. The van der Waals surface area contributed by atoms with Crippen LogP contribution in [0.2, 0.25) is 0 Å². The van der Waals surface area contributed by atoms with Crippen molar-refractivity contribution in [2.24, 2.45) is 17.6 Å². The van der Waals surface area contributed by atoms with Gasteiger partial charge >= 0.3 is 0 Å². The summed E-state index contributed by atoms with van der Waals surface area (Å²) in [5.41, 5.74) is 5.92. The summed E-state index contributed by atoms with van der Waals surface area (Å²) in [5, 5.41) is 0. The summed E-state index contributed by atoms with van der Waals surface area (Å²) in [6.07, 6.45) is 8.32. The SMILES string of the molecule is CC1CCC(N2CCCCC2CN)CC1C. The molecule has 2 aliphatic rings. The van der Waals surface area contributed by atoms with Gasteiger partial charge in [-0.1, -0.05) is 20.3 Å². The highest BCUT2D eigenvalue weighted by atomic mass is 15.2. The van der Waals surface area contributed by atoms with Crippen LogP contribution >= 0.6 is 0 Å². The Balaban J connectivity index is 1.95. The van der Waals surface area contributed by atoms with E-state index in [9.17, 15) is 0 Å². The van der Waals surface area contributed by atoms with Gasteiger partial charge in [-0.05, 0) is 50.5 Å². The third-order valence-electron chi connectivity index (χ3n) is 4.98. The number of likely N-dealkylation sites (tertiary alicyclic amines) is 1. The Labute approximate surface area is 101 Å². The second-order valence-electron chi connectivity index (χ2n) is 6.04. The van der Waals surface area contributed by atoms with Crippen LogP contribution < -0.4 is 5.73 Å². The van der Waals surface area contributed by atoms with E-state index in [1.54, 1.807) is 0 Å². The first kappa shape index (κ1) is 12.4. The van der Waals surface area contributed by atoms with Crippen LogP contribution in [0.3, 0.4) is 0 Å². The lowest BCUT2D eigenvalue weighted by atomic mass is 9.77. The van der Waals surface area contributed by atoms with Gasteiger partial charge in [0.15, 0.2) is 0 Å². The zero-order valence-electron chi connectivity index (χ0n) is 11.0. The van der Waals surface area contributed by atoms with Gasteiger partial charge in [-0.15, -0.1) is 0 Å². The van der Waals surface area contributed by atoms with Gasteiger partial charge in [0, 0.05) is 18.6 Å².